The molecule has 1 atom stereocenters. The van der Waals surface area contributed by atoms with Gasteiger partial charge in [-0.15, -0.1) is 0 Å². The van der Waals surface area contributed by atoms with Gasteiger partial charge in [-0.25, -0.2) is 9.59 Å². The highest BCUT2D eigenvalue weighted by Crippen LogP contribution is 2.15. The molecular formula is C29H57NO4. The summed E-state index contributed by atoms with van der Waals surface area (Å²) in [6.45, 7) is 10.9. The molecular weight excluding hydrogens is 426 g/mol. The van der Waals surface area contributed by atoms with Crippen LogP contribution in [0.2, 0.25) is 0 Å². The fourth-order valence-corrected chi connectivity index (χ4v) is 4.24. The molecule has 0 N–H and O–H groups in total. The highest BCUT2D eigenvalue weighted by molar-refractivity contribution is 5.81. The van der Waals surface area contributed by atoms with Crippen molar-refractivity contribution in [1.82, 2.24) is 4.90 Å². The summed E-state index contributed by atoms with van der Waals surface area (Å²) in [6, 6.07) is -0.610. The number of rotatable bonds is 22. The Morgan fingerprint density at radius 2 is 1.06 bits per heavy atom. The molecule has 0 aromatic rings. The van der Waals surface area contributed by atoms with Gasteiger partial charge in [-0.2, -0.15) is 0 Å². The van der Waals surface area contributed by atoms with Crippen LogP contribution in [0.4, 0.5) is 4.79 Å². The van der Waals surface area contributed by atoms with Crippen molar-refractivity contribution in [3.8, 4) is 0 Å². The molecule has 0 fully saturated rings. The zero-order valence-corrected chi connectivity index (χ0v) is 23.5. The summed E-state index contributed by atoms with van der Waals surface area (Å²) >= 11 is 0. The van der Waals surface area contributed by atoms with Crippen LogP contribution in [-0.2, 0) is 14.3 Å². The first kappa shape index (κ1) is 32.7. The lowest BCUT2D eigenvalue weighted by Crippen LogP contribution is -2.47. The third-order valence-corrected chi connectivity index (χ3v) is 6.36. The Hall–Kier alpha value is -1.26. The predicted octanol–water partition coefficient (Wildman–Crippen LogP) is 8.54. The number of unbranched alkanes of at least 4 members (excludes halogenated alkanes) is 15. The highest BCUT2D eigenvalue weighted by Gasteiger charge is 2.32. The first-order valence-corrected chi connectivity index (χ1v) is 14.4. The third kappa shape index (κ3) is 18.1. The van der Waals surface area contributed by atoms with E-state index in [4.69, 9.17) is 9.47 Å². The van der Waals surface area contributed by atoms with Gasteiger partial charge in [-0.1, -0.05) is 131 Å². The lowest BCUT2D eigenvalue weighted by atomic mass is 10.0. The van der Waals surface area contributed by atoms with Gasteiger partial charge < -0.3 is 9.47 Å². The first-order chi connectivity index (χ1) is 16.3. The zero-order valence-electron chi connectivity index (χ0n) is 23.5. The Kier molecular flexibility index (Phi) is 21.4. The monoisotopic (exact) mass is 483 g/mol. The second kappa shape index (κ2) is 22.2. The molecule has 0 saturated heterocycles. The number of esters is 1. The van der Waals surface area contributed by atoms with Gasteiger partial charge in [0.1, 0.15) is 6.04 Å². The van der Waals surface area contributed by atoms with E-state index in [9.17, 15) is 9.59 Å². The molecule has 5 heteroatoms. The molecule has 0 radical (unpaired) electrons. The first-order valence-electron chi connectivity index (χ1n) is 14.4. The number of amides is 1. The maximum atomic E-state index is 12.6. The lowest BCUT2D eigenvalue weighted by Gasteiger charge is -2.29. The topological polar surface area (TPSA) is 55.8 Å². The van der Waals surface area contributed by atoms with E-state index < -0.39 is 12.1 Å². The second-order valence-corrected chi connectivity index (χ2v) is 10.7. The fourth-order valence-electron chi connectivity index (χ4n) is 4.24. The Morgan fingerprint density at radius 1 is 0.647 bits per heavy atom. The molecule has 202 valence electrons. The molecule has 0 aromatic heterocycles. The van der Waals surface area contributed by atoms with E-state index >= 15 is 0 Å². The maximum Gasteiger partial charge on any atom is 0.410 e. The zero-order chi connectivity index (χ0) is 25.6. The van der Waals surface area contributed by atoms with Crippen molar-refractivity contribution in [2.75, 3.05) is 20.3 Å². The quantitative estimate of drug-likeness (QED) is 0.114. The van der Waals surface area contributed by atoms with E-state index in [2.05, 4.69) is 6.92 Å². The van der Waals surface area contributed by atoms with Crippen LogP contribution in [0, 0.1) is 11.8 Å². The summed E-state index contributed by atoms with van der Waals surface area (Å²) in [4.78, 5) is 26.2. The maximum absolute atomic E-state index is 12.6. The minimum atomic E-state index is -0.610. The van der Waals surface area contributed by atoms with E-state index in [1.807, 2.05) is 27.7 Å². The standard InChI is InChI=1S/C29H57NO4/c1-7-8-9-10-11-12-13-14-15-16-17-18-19-20-21-22-23-33-28(31)27(26(4)5)30(6)29(32)34-24-25(2)3/h25-27H,7-24H2,1-6H3. The smallest absolute Gasteiger partial charge is 0.410 e. The molecule has 0 rings (SSSR count). The normalized spacial score (nSPS) is 12.2. The van der Waals surface area contributed by atoms with Crippen molar-refractivity contribution in [3.05, 3.63) is 0 Å². The van der Waals surface area contributed by atoms with Gasteiger partial charge in [-0.3, -0.25) is 4.90 Å². The van der Waals surface area contributed by atoms with Gasteiger partial charge in [-0.05, 0) is 18.3 Å². The van der Waals surface area contributed by atoms with Crippen LogP contribution in [0.3, 0.4) is 0 Å². The van der Waals surface area contributed by atoms with E-state index in [0.29, 0.717) is 13.2 Å². The van der Waals surface area contributed by atoms with Crippen LogP contribution >= 0.6 is 0 Å². The molecule has 0 aliphatic rings. The molecule has 0 heterocycles. The Balaban J connectivity index is 3.71. The second-order valence-electron chi connectivity index (χ2n) is 10.7. The molecule has 0 spiro atoms. The summed E-state index contributed by atoms with van der Waals surface area (Å²) < 4.78 is 10.8. The summed E-state index contributed by atoms with van der Waals surface area (Å²) in [5, 5.41) is 0. The van der Waals surface area contributed by atoms with Crippen LogP contribution in [0.25, 0.3) is 0 Å². The summed E-state index contributed by atoms with van der Waals surface area (Å²) in [5.74, 6) is -0.105. The highest BCUT2D eigenvalue weighted by atomic mass is 16.6. The van der Waals surface area contributed by atoms with Crippen molar-refractivity contribution < 1.29 is 19.1 Å². The molecule has 34 heavy (non-hydrogen) atoms. The predicted molar refractivity (Wildman–Crippen MR) is 143 cm³/mol. The number of hydrogen-bond donors (Lipinski definition) is 0. The van der Waals surface area contributed by atoms with Crippen molar-refractivity contribution in [2.45, 2.75) is 143 Å². The molecule has 0 bridgehead atoms. The van der Waals surface area contributed by atoms with Gasteiger partial charge in [0, 0.05) is 7.05 Å². The van der Waals surface area contributed by atoms with Gasteiger partial charge in [0.2, 0.25) is 0 Å². The van der Waals surface area contributed by atoms with Crippen molar-refractivity contribution >= 4 is 12.1 Å². The Bertz CT molecular complexity index is 493. The minimum Gasteiger partial charge on any atom is -0.464 e. The summed E-state index contributed by atoms with van der Waals surface area (Å²) in [5.41, 5.74) is 0. The third-order valence-electron chi connectivity index (χ3n) is 6.36. The van der Waals surface area contributed by atoms with Crippen LogP contribution in [0.1, 0.15) is 137 Å². The van der Waals surface area contributed by atoms with E-state index in [0.717, 1.165) is 12.8 Å². The summed E-state index contributed by atoms with van der Waals surface area (Å²) in [7, 11) is 1.61. The van der Waals surface area contributed by atoms with E-state index in [1.165, 1.54) is 94.8 Å². The van der Waals surface area contributed by atoms with Crippen LogP contribution < -0.4 is 0 Å². The van der Waals surface area contributed by atoms with Crippen LogP contribution in [0.15, 0.2) is 0 Å². The van der Waals surface area contributed by atoms with Gasteiger partial charge in [0.25, 0.3) is 0 Å². The van der Waals surface area contributed by atoms with Crippen LogP contribution in [-0.4, -0.2) is 43.3 Å². The van der Waals surface area contributed by atoms with Crippen molar-refractivity contribution in [2.24, 2.45) is 11.8 Å². The molecule has 0 aliphatic carbocycles. The fraction of sp³-hybridized carbons (Fsp3) is 0.931. The van der Waals surface area contributed by atoms with Gasteiger partial charge >= 0.3 is 12.1 Å². The van der Waals surface area contributed by atoms with Gasteiger partial charge in [0.05, 0.1) is 13.2 Å². The molecule has 1 unspecified atom stereocenters. The number of carbonyl (C=O) groups is 2. The molecule has 1 amide bonds. The van der Waals surface area contributed by atoms with Gasteiger partial charge in [0.15, 0.2) is 0 Å². The molecule has 5 nitrogen and oxygen atoms in total. The van der Waals surface area contributed by atoms with Crippen LogP contribution in [0.5, 0.6) is 0 Å². The molecule has 0 aliphatic heterocycles. The Morgan fingerprint density at radius 3 is 1.44 bits per heavy atom. The van der Waals surface area contributed by atoms with E-state index in [-0.39, 0.29) is 17.8 Å². The largest absolute Gasteiger partial charge is 0.464 e. The Labute approximate surface area is 211 Å². The number of carbonyl (C=O) groups excluding carboxylic acids is 2. The van der Waals surface area contributed by atoms with Crippen molar-refractivity contribution in [3.63, 3.8) is 0 Å². The number of hydrogen-bond acceptors (Lipinski definition) is 4. The lowest BCUT2D eigenvalue weighted by molar-refractivity contribution is -0.150. The number of likely N-dealkylation sites (N-methyl/N-ethyl adjacent to an activating group) is 1. The number of nitrogens with zero attached hydrogens (tertiary/aromatic N) is 1. The molecule has 0 saturated carbocycles. The molecule has 0 aromatic carbocycles. The number of ether oxygens (including phenoxy) is 2. The average molecular weight is 484 g/mol. The van der Waals surface area contributed by atoms with Crippen molar-refractivity contribution in [1.29, 1.82) is 0 Å². The minimum absolute atomic E-state index is 0.0325. The van der Waals surface area contributed by atoms with E-state index in [1.54, 1.807) is 7.05 Å². The average Bonchev–Trinajstić information content (AvgIpc) is 2.79. The SMILES string of the molecule is CCCCCCCCCCCCCCCCCCOC(=O)C(C(C)C)N(C)C(=O)OCC(C)C. The summed E-state index contributed by atoms with van der Waals surface area (Å²) in [6.07, 6.45) is 20.6.